The van der Waals surface area contributed by atoms with E-state index >= 15 is 0 Å². The minimum absolute atomic E-state index is 0.218. The lowest BCUT2D eigenvalue weighted by molar-refractivity contribution is -0.141. The Morgan fingerprint density at radius 1 is 1.08 bits per heavy atom. The number of alkyl halides is 3. The zero-order chi connectivity index (χ0) is 18.9. The molecule has 5 nitrogen and oxygen atoms in total. The van der Waals surface area contributed by atoms with Gasteiger partial charge in [-0.2, -0.15) is 22.5 Å². The standard InChI is InChI=1S/C15H7F5N4OS/c16-8-4-1-5-9(17)10(8)12-22-14(26-24-12)23-13(25)7-3-2-6-21-11(7)15(18,19)20/h1-6H,(H,22,23,24,25). The summed E-state index contributed by atoms with van der Waals surface area (Å²) in [6.07, 6.45) is -3.92. The van der Waals surface area contributed by atoms with Crippen molar-refractivity contribution in [1.82, 2.24) is 14.3 Å². The van der Waals surface area contributed by atoms with Crippen LogP contribution in [0.2, 0.25) is 0 Å². The summed E-state index contributed by atoms with van der Waals surface area (Å²) in [5.41, 5.74) is -2.57. The van der Waals surface area contributed by atoms with E-state index in [1.807, 2.05) is 0 Å². The lowest BCUT2D eigenvalue weighted by Gasteiger charge is -2.10. The predicted molar refractivity (Wildman–Crippen MR) is 82.5 cm³/mol. The van der Waals surface area contributed by atoms with E-state index in [0.717, 1.165) is 30.5 Å². The number of carbonyl (C=O) groups is 1. The van der Waals surface area contributed by atoms with Crippen molar-refractivity contribution in [3.63, 3.8) is 0 Å². The maximum atomic E-state index is 13.7. The quantitative estimate of drug-likeness (QED) is 0.687. The van der Waals surface area contributed by atoms with Gasteiger partial charge in [0.2, 0.25) is 5.13 Å². The molecular formula is C15H7F5N4OS. The third-order valence-corrected chi connectivity index (χ3v) is 3.78. The zero-order valence-corrected chi connectivity index (χ0v) is 13.3. The van der Waals surface area contributed by atoms with Gasteiger partial charge in [-0.05, 0) is 24.3 Å². The van der Waals surface area contributed by atoms with E-state index in [1.165, 1.54) is 6.07 Å². The van der Waals surface area contributed by atoms with Gasteiger partial charge in [-0.1, -0.05) is 6.07 Å². The summed E-state index contributed by atoms with van der Waals surface area (Å²) in [5.74, 6) is -3.27. The molecule has 0 fully saturated rings. The normalized spacial score (nSPS) is 11.4. The van der Waals surface area contributed by atoms with Crippen molar-refractivity contribution < 1.29 is 26.7 Å². The Kier molecular flexibility index (Phi) is 4.64. The summed E-state index contributed by atoms with van der Waals surface area (Å²) in [6.45, 7) is 0. The molecule has 0 unspecified atom stereocenters. The lowest BCUT2D eigenvalue weighted by Crippen LogP contribution is -2.20. The third-order valence-electron chi connectivity index (χ3n) is 3.15. The second kappa shape index (κ2) is 6.75. The number of nitrogens with one attached hydrogen (secondary N) is 1. The van der Waals surface area contributed by atoms with Crippen molar-refractivity contribution in [2.45, 2.75) is 6.18 Å². The summed E-state index contributed by atoms with van der Waals surface area (Å²) in [6, 6.07) is 5.28. The summed E-state index contributed by atoms with van der Waals surface area (Å²) in [4.78, 5) is 19.0. The molecule has 0 aliphatic heterocycles. The molecule has 2 heterocycles. The fraction of sp³-hybridized carbons (Fsp3) is 0.0667. The highest BCUT2D eigenvalue weighted by atomic mass is 32.1. The highest BCUT2D eigenvalue weighted by Crippen LogP contribution is 2.31. The van der Waals surface area contributed by atoms with Crippen LogP contribution in [0.25, 0.3) is 11.4 Å². The Morgan fingerprint density at radius 2 is 1.77 bits per heavy atom. The average molecular weight is 386 g/mol. The highest BCUT2D eigenvalue weighted by molar-refractivity contribution is 7.10. The predicted octanol–water partition coefficient (Wildman–Crippen LogP) is 4.15. The van der Waals surface area contributed by atoms with Crippen molar-refractivity contribution in [3.8, 4) is 11.4 Å². The monoisotopic (exact) mass is 386 g/mol. The topological polar surface area (TPSA) is 67.8 Å². The van der Waals surface area contributed by atoms with Gasteiger partial charge in [-0.25, -0.2) is 8.78 Å². The van der Waals surface area contributed by atoms with Crippen LogP contribution >= 0.6 is 11.5 Å². The summed E-state index contributed by atoms with van der Waals surface area (Å²) >= 11 is 0.570. The molecular weight excluding hydrogens is 379 g/mol. The number of hydrogen-bond donors (Lipinski definition) is 1. The van der Waals surface area contributed by atoms with Gasteiger partial charge in [0.05, 0.1) is 11.1 Å². The molecule has 1 N–H and O–H groups in total. The minimum atomic E-state index is -4.82. The van der Waals surface area contributed by atoms with Crippen molar-refractivity contribution >= 4 is 22.6 Å². The van der Waals surface area contributed by atoms with Gasteiger partial charge in [0.15, 0.2) is 11.5 Å². The second-order valence-corrected chi connectivity index (χ2v) is 5.62. The molecule has 0 spiro atoms. The molecule has 3 rings (SSSR count). The number of pyridine rings is 1. The lowest BCUT2D eigenvalue weighted by atomic mass is 10.1. The number of halogens is 5. The molecule has 134 valence electrons. The maximum Gasteiger partial charge on any atom is 0.434 e. The fourth-order valence-corrected chi connectivity index (χ4v) is 2.64. The summed E-state index contributed by atoms with van der Waals surface area (Å²) in [7, 11) is 0. The maximum absolute atomic E-state index is 13.7. The zero-order valence-electron chi connectivity index (χ0n) is 12.5. The number of aromatic nitrogens is 3. The van der Waals surface area contributed by atoms with Gasteiger partial charge in [0, 0.05) is 17.7 Å². The molecule has 1 aromatic carbocycles. The molecule has 0 atom stereocenters. The molecule has 0 aliphatic rings. The van der Waals surface area contributed by atoms with E-state index in [4.69, 9.17) is 0 Å². The average Bonchev–Trinajstić information content (AvgIpc) is 3.02. The largest absolute Gasteiger partial charge is 0.434 e. The first-order valence-corrected chi connectivity index (χ1v) is 7.66. The molecule has 1 amide bonds. The van der Waals surface area contributed by atoms with Gasteiger partial charge < -0.3 is 0 Å². The Balaban J connectivity index is 1.88. The van der Waals surface area contributed by atoms with E-state index in [-0.39, 0.29) is 11.0 Å². The number of amides is 1. The van der Waals surface area contributed by atoms with E-state index in [2.05, 4.69) is 19.7 Å². The smallest absolute Gasteiger partial charge is 0.297 e. The van der Waals surface area contributed by atoms with Crippen LogP contribution in [0.5, 0.6) is 0 Å². The first kappa shape index (κ1) is 17.9. The molecule has 0 saturated carbocycles. The van der Waals surface area contributed by atoms with Crippen molar-refractivity contribution in [2.75, 3.05) is 5.32 Å². The Morgan fingerprint density at radius 3 is 2.42 bits per heavy atom. The van der Waals surface area contributed by atoms with Crippen LogP contribution in [0.1, 0.15) is 16.1 Å². The molecule has 0 saturated heterocycles. The van der Waals surface area contributed by atoms with Gasteiger partial charge in [-0.3, -0.25) is 15.1 Å². The molecule has 2 aromatic heterocycles. The first-order chi connectivity index (χ1) is 12.3. The number of rotatable bonds is 3. The van der Waals surface area contributed by atoms with Gasteiger partial charge in [0.25, 0.3) is 5.91 Å². The third kappa shape index (κ3) is 3.52. The van der Waals surface area contributed by atoms with Crippen LogP contribution in [0.3, 0.4) is 0 Å². The molecule has 0 radical (unpaired) electrons. The molecule has 3 aromatic rings. The molecule has 26 heavy (non-hydrogen) atoms. The van der Waals surface area contributed by atoms with Crippen LogP contribution in [0.4, 0.5) is 27.1 Å². The van der Waals surface area contributed by atoms with E-state index in [9.17, 15) is 26.7 Å². The van der Waals surface area contributed by atoms with Gasteiger partial charge in [0.1, 0.15) is 11.6 Å². The van der Waals surface area contributed by atoms with E-state index < -0.39 is 40.5 Å². The van der Waals surface area contributed by atoms with E-state index in [1.54, 1.807) is 0 Å². The number of benzene rings is 1. The van der Waals surface area contributed by atoms with Crippen LogP contribution in [-0.4, -0.2) is 20.2 Å². The minimum Gasteiger partial charge on any atom is -0.297 e. The molecule has 0 bridgehead atoms. The van der Waals surface area contributed by atoms with Crippen LogP contribution in [0, 0.1) is 11.6 Å². The Labute approximate surface area is 146 Å². The first-order valence-electron chi connectivity index (χ1n) is 6.89. The van der Waals surface area contributed by atoms with Crippen molar-refractivity contribution in [1.29, 1.82) is 0 Å². The number of nitrogens with zero attached hydrogens (tertiary/aromatic N) is 3. The van der Waals surface area contributed by atoms with Crippen LogP contribution in [0.15, 0.2) is 36.5 Å². The molecule has 11 heteroatoms. The van der Waals surface area contributed by atoms with Gasteiger partial charge >= 0.3 is 6.18 Å². The summed E-state index contributed by atoms with van der Waals surface area (Å²) in [5, 5.41) is 1.90. The number of carbonyl (C=O) groups excluding carboxylic acids is 1. The highest BCUT2D eigenvalue weighted by Gasteiger charge is 2.37. The SMILES string of the molecule is O=C(Nc1nc(-c2c(F)cccc2F)ns1)c1cccnc1C(F)(F)F. The Bertz CT molecular complexity index is 952. The fourth-order valence-electron chi connectivity index (χ4n) is 2.07. The number of anilines is 1. The number of hydrogen-bond acceptors (Lipinski definition) is 5. The second-order valence-electron chi connectivity index (χ2n) is 4.87. The van der Waals surface area contributed by atoms with E-state index in [0.29, 0.717) is 11.5 Å². The van der Waals surface area contributed by atoms with Crippen molar-refractivity contribution in [2.24, 2.45) is 0 Å². The van der Waals surface area contributed by atoms with Crippen LogP contribution in [-0.2, 0) is 6.18 Å². The Hall–Kier alpha value is -2.95. The van der Waals surface area contributed by atoms with Crippen molar-refractivity contribution in [3.05, 3.63) is 59.4 Å². The van der Waals surface area contributed by atoms with Gasteiger partial charge in [-0.15, -0.1) is 0 Å². The summed E-state index contributed by atoms with van der Waals surface area (Å²) < 4.78 is 69.9. The van der Waals surface area contributed by atoms with Crippen LogP contribution < -0.4 is 5.32 Å². The molecule has 0 aliphatic carbocycles.